The molecular formula is C12H17I2N5O. The molecule has 0 aromatic carbocycles. The van der Waals surface area contributed by atoms with Crippen molar-refractivity contribution < 1.29 is 4.74 Å². The molecule has 0 spiro atoms. The van der Waals surface area contributed by atoms with Gasteiger partial charge in [-0.1, -0.05) is 0 Å². The van der Waals surface area contributed by atoms with E-state index in [0.29, 0.717) is 29.6 Å². The van der Waals surface area contributed by atoms with Crippen LogP contribution in [0.3, 0.4) is 0 Å². The second-order valence-corrected chi connectivity index (χ2v) is 12.1. The Kier molecular flexibility index (Phi) is 2.56. The second-order valence-electron chi connectivity index (χ2n) is 6.42. The first kappa shape index (κ1) is 12.8. The predicted molar refractivity (Wildman–Crippen MR) is 93.1 cm³/mol. The van der Waals surface area contributed by atoms with Crippen LogP contribution in [0.2, 0.25) is 0 Å². The molecule has 6 unspecified atom stereocenters. The Morgan fingerprint density at radius 3 is 2.95 bits per heavy atom. The van der Waals surface area contributed by atoms with Crippen LogP contribution in [0.5, 0.6) is 0 Å². The number of nitrogens with zero attached hydrogens (tertiary/aromatic N) is 1. The van der Waals surface area contributed by atoms with Crippen LogP contribution in [0.4, 0.5) is 0 Å². The van der Waals surface area contributed by atoms with E-state index >= 15 is 0 Å². The zero-order chi connectivity index (χ0) is 13.6. The van der Waals surface area contributed by atoms with Gasteiger partial charge in [0.05, 0.1) is 0 Å². The summed E-state index contributed by atoms with van der Waals surface area (Å²) in [5, 5.41) is 8.25. The van der Waals surface area contributed by atoms with Gasteiger partial charge in [-0.05, 0) is 0 Å². The number of halogens is 2. The van der Waals surface area contributed by atoms with E-state index in [0.717, 1.165) is 18.8 Å². The third-order valence-corrected chi connectivity index (χ3v) is 12.7. The monoisotopic (exact) mass is 501 g/mol. The molecule has 6 atom stereocenters. The van der Waals surface area contributed by atoms with E-state index in [2.05, 4.69) is 34.6 Å². The van der Waals surface area contributed by atoms with Gasteiger partial charge in [-0.15, -0.1) is 0 Å². The number of rotatable bonds is 3. The first-order valence-corrected chi connectivity index (χ1v) is 11.5. The van der Waals surface area contributed by atoms with Gasteiger partial charge in [0.15, 0.2) is 0 Å². The number of ether oxygens (including phenoxy) is 1. The molecule has 5 aliphatic rings. The molecule has 0 radical (unpaired) electrons. The first-order chi connectivity index (χ1) is 9.60. The molecule has 0 amide bonds. The fraction of sp³-hybridized carbons (Fsp3) is 0.833. The van der Waals surface area contributed by atoms with Crippen LogP contribution in [0, 0.1) is 29.1 Å². The van der Waals surface area contributed by atoms with Crippen LogP contribution in [-0.2, 0) is 4.74 Å². The molecule has 5 rings (SSSR count). The zero-order valence-electron chi connectivity index (χ0n) is 10.8. The molecule has 2 aliphatic carbocycles. The Balaban J connectivity index is 1.29. The maximum absolute atomic E-state index is 8.25. The van der Waals surface area contributed by atoms with Gasteiger partial charge in [0.1, 0.15) is 0 Å². The minimum atomic E-state index is -0.989. The second kappa shape index (κ2) is 3.99. The molecule has 0 aromatic heterocycles. The van der Waals surface area contributed by atoms with Gasteiger partial charge in [-0.2, -0.15) is 0 Å². The van der Waals surface area contributed by atoms with Crippen LogP contribution < -0.4 is 12.8 Å². The number of amidine groups is 1. The van der Waals surface area contributed by atoms with Gasteiger partial charge in [0.25, 0.3) is 0 Å². The molecule has 2 bridgehead atoms. The summed E-state index contributed by atoms with van der Waals surface area (Å²) in [5.41, 5.74) is 6.07. The van der Waals surface area contributed by atoms with Crippen molar-refractivity contribution in [3.05, 3.63) is 0 Å². The normalized spacial score (nSPS) is 48.4. The van der Waals surface area contributed by atoms with Crippen LogP contribution >= 0.6 is 43.0 Å². The van der Waals surface area contributed by atoms with Crippen molar-refractivity contribution >= 4 is 54.7 Å². The van der Waals surface area contributed by atoms with E-state index in [1.54, 1.807) is 0 Å². The average Bonchev–Trinajstić information content (AvgIpc) is 3.09. The minimum absolute atomic E-state index is 0.134. The Bertz CT molecular complexity index is 534. The Morgan fingerprint density at radius 1 is 1.50 bits per heavy atom. The Morgan fingerprint density at radius 2 is 2.25 bits per heavy atom. The molecule has 110 valence electrons. The molecule has 2 saturated carbocycles. The van der Waals surface area contributed by atoms with E-state index in [1.807, 2.05) is 0 Å². The third-order valence-electron chi connectivity index (χ3n) is 5.49. The first-order valence-electron chi connectivity index (χ1n) is 7.04. The summed E-state index contributed by atoms with van der Waals surface area (Å²) >= 11 is 1.36. The Hall–Kier alpha value is 0.320. The number of fused-ring (bicyclic) bond motifs is 6. The summed E-state index contributed by atoms with van der Waals surface area (Å²) in [6.45, 7) is 0.918. The molecule has 3 aliphatic heterocycles. The topological polar surface area (TPSA) is 115 Å². The van der Waals surface area contributed by atoms with Gasteiger partial charge in [-0.25, -0.2) is 0 Å². The fourth-order valence-electron chi connectivity index (χ4n) is 4.40. The van der Waals surface area contributed by atoms with Crippen LogP contribution in [-0.4, -0.2) is 32.0 Å². The van der Waals surface area contributed by atoms with E-state index < -0.39 is 20.4 Å². The SMILES string of the molecule is N=C(OC1CC2CC1C1C(N)=NCC21)C(I)C12NI1N2. The van der Waals surface area contributed by atoms with E-state index in [4.69, 9.17) is 15.9 Å². The molecular weight excluding hydrogens is 484 g/mol. The maximum atomic E-state index is 8.25. The summed E-state index contributed by atoms with van der Waals surface area (Å²) in [7, 11) is 0. The summed E-state index contributed by atoms with van der Waals surface area (Å²) < 4.78 is 13.3. The number of aliphatic imine (C=N–C) groups is 1. The van der Waals surface area contributed by atoms with Crippen molar-refractivity contribution in [2.75, 3.05) is 6.54 Å². The van der Waals surface area contributed by atoms with Gasteiger partial charge in [0, 0.05) is 0 Å². The zero-order valence-corrected chi connectivity index (χ0v) is 15.1. The Labute approximate surface area is 138 Å². The standard InChI is InChI=1S/C12H17I2N5O/c13-9(12-14(18-12)19-12)11(16)20-7-2-4-1-5(7)8-6(4)3-17-10(8)15/h4-9,16,18-19H,1-3H2,(H2,15,17). The van der Waals surface area contributed by atoms with Gasteiger partial charge < -0.3 is 0 Å². The molecule has 3 heterocycles. The predicted octanol–water partition coefficient (Wildman–Crippen LogP) is 0.992. The quantitative estimate of drug-likeness (QED) is 0.0879. The molecule has 6 nitrogen and oxygen atoms in total. The van der Waals surface area contributed by atoms with Crippen LogP contribution in [0.15, 0.2) is 4.99 Å². The molecule has 4 fully saturated rings. The average molecular weight is 501 g/mol. The van der Waals surface area contributed by atoms with Crippen molar-refractivity contribution in [1.29, 1.82) is 5.41 Å². The van der Waals surface area contributed by atoms with E-state index in [-0.39, 0.29) is 13.7 Å². The third kappa shape index (κ3) is 1.56. The molecule has 0 aromatic rings. The molecule has 20 heavy (non-hydrogen) atoms. The van der Waals surface area contributed by atoms with Crippen LogP contribution in [0.1, 0.15) is 12.8 Å². The number of alkyl halides is 2. The summed E-state index contributed by atoms with van der Waals surface area (Å²) in [6.07, 6.45) is 2.50. The molecule has 5 N–H and O–H groups in total. The number of hydrogen-bond donors (Lipinski definition) is 4. The number of nitrogens with two attached hydrogens (primary N) is 1. The van der Waals surface area contributed by atoms with Crippen molar-refractivity contribution in [3.63, 3.8) is 0 Å². The van der Waals surface area contributed by atoms with E-state index in [9.17, 15) is 0 Å². The van der Waals surface area contributed by atoms with Gasteiger partial charge in [0.2, 0.25) is 0 Å². The van der Waals surface area contributed by atoms with Crippen molar-refractivity contribution in [3.8, 4) is 0 Å². The van der Waals surface area contributed by atoms with Crippen molar-refractivity contribution in [2.24, 2.45) is 34.4 Å². The number of hydrogen-bond acceptors (Lipinski definition) is 6. The van der Waals surface area contributed by atoms with Crippen LogP contribution in [0.25, 0.3) is 0 Å². The van der Waals surface area contributed by atoms with Crippen molar-refractivity contribution in [1.82, 2.24) is 7.06 Å². The van der Waals surface area contributed by atoms with E-state index in [1.165, 1.54) is 6.42 Å². The van der Waals surface area contributed by atoms with Gasteiger partial charge in [-0.3, -0.25) is 0 Å². The molecule has 8 heteroatoms. The van der Waals surface area contributed by atoms with Crippen molar-refractivity contribution in [2.45, 2.75) is 26.5 Å². The fourth-order valence-corrected chi connectivity index (χ4v) is 11.8. The van der Waals surface area contributed by atoms with Gasteiger partial charge >= 0.3 is 139 Å². The summed E-state index contributed by atoms with van der Waals surface area (Å²) in [4.78, 5) is 4.44. The summed E-state index contributed by atoms with van der Waals surface area (Å²) in [5.74, 6) is 3.58. The number of nitrogens with one attached hydrogen (secondary N) is 3. The molecule has 2 saturated heterocycles. The summed E-state index contributed by atoms with van der Waals surface area (Å²) in [6, 6.07) is 0.